The van der Waals surface area contributed by atoms with Gasteiger partial charge in [0.2, 0.25) is 0 Å². The zero-order chi connectivity index (χ0) is 30.1. The van der Waals surface area contributed by atoms with Crippen molar-refractivity contribution in [3.8, 4) is 0 Å². The summed E-state index contributed by atoms with van der Waals surface area (Å²) in [4.78, 5) is 2.78. The molecule has 248 valence electrons. The molecule has 2 nitrogen and oxygen atoms in total. The first-order valence-corrected chi connectivity index (χ1v) is 22.3. The van der Waals surface area contributed by atoms with Crippen LogP contribution in [0.4, 0.5) is 0 Å². The highest BCUT2D eigenvalue weighted by atomic mass is 32.1. The van der Waals surface area contributed by atoms with Gasteiger partial charge in [-0.25, -0.2) is 0 Å². The van der Waals surface area contributed by atoms with Crippen LogP contribution in [0.15, 0.2) is 0 Å². The Morgan fingerprint density at radius 1 is 0.415 bits per heavy atom. The van der Waals surface area contributed by atoms with Gasteiger partial charge in [0.05, 0.1) is 0 Å². The van der Waals surface area contributed by atoms with Crippen molar-refractivity contribution < 1.29 is 4.43 Å². The molecule has 0 aliphatic carbocycles. The van der Waals surface area contributed by atoms with Gasteiger partial charge in [-0.1, -0.05) is 169 Å². The predicted octanol–water partition coefficient (Wildman–Crippen LogP) is 13.0. The molecule has 0 spiro atoms. The second kappa shape index (κ2) is 33.4. The molecule has 41 heavy (non-hydrogen) atoms. The summed E-state index contributed by atoms with van der Waals surface area (Å²) < 4.78 is 7.03. The molecule has 0 aliphatic rings. The molecule has 0 aromatic carbocycles. The number of hydrogen-bond donors (Lipinski definition) is 1. The van der Waals surface area contributed by atoms with Crippen LogP contribution in [-0.2, 0) is 4.43 Å². The maximum Gasteiger partial charge on any atom is 0.192 e. The van der Waals surface area contributed by atoms with E-state index in [-0.39, 0.29) is 0 Å². The second-order valence-corrected chi connectivity index (χ2v) is 17.9. The van der Waals surface area contributed by atoms with Crippen LogP contribution in [0.5, 0.6) is 0 Å². The topological polar surface area (TPSA) is 12.5 Å². The summed E-state index contributed by atoms with van der Waals surface area (Å²) in [6, 6.07) is 4.07. The highest BCUT2D eigenvalue weighted by Crippen LogP contribution is 2.29. The lowest BCUT2D eigenvalue weighted by atomic mass is 10.1. The Labute approximate surface area is 267 Å². The van der Waals surface area contributed by atoms with Gasteiger partial charge >= 0.3 is 0 Å². The SMILES string of the molecule is CCCCCCCCCCCCN(CCCCCCCCCCCC)CCO[Si](CCCC)(CCCC)CCCS. The number of hydrogen-bond acceptors (Lipinski definition) is 3. The second-order valence-electron chi connectivity index (χ2n) is 13.3. The van der Waals surface area contributed by atoms with E-state index in [2.05, 4.69) is 45.2 Å². The van der Waals surface area contributed by atoms with Crippen molar-refractivity contribution in [2.45, 2.75) is 206 Å². The van der Waals surface area contributed by atoms with E-state index in [1.807, 2.05) is 0 Å². The molecule has 0 radical (unpaired) electrons. The van der Waals surface area contributed by atoms with Crippen LogP contribution in [-0.4, -0.2) is 45.2 Å². The van der Waals surface area contributed by atoms with Gasteiger partial charge in [-0.2, -0.15) is 12.6 Å². The fourth-order valence-corrected chi connectivity index (χ4v) is 11.3. The van der Waals surface area contributed by atoms with Crippen molar-refractivity contribution in [2.24, 2.45) is 0 Å². The lowest BCUT2D eigenvalue weighted by molar-refractivity contribution is 0.194. The summed E-state index contributed by atoms with van der Waals surface area (Å²) in [7, 11) is -1.63. The first-order valence-electron chi connectivity index (χ1n) is 19.1. The average molecular weight is 614 g/mol. The van der Waals surface area contributed by atoms with E-state index in [1.165, 1.54) is 192 Å². The molecular weight excluding hydrogens is 535 g/mol. The number of nitrogens with zero attached hydrogens (tertiary/aromatic N) is 1. The van der Waals surface area contributed by atoms with Crippen molar-refractivity contribution in [1.82, 2.24) is 4.90 Å². The lowest BCUT2D eigenvalue weighted by Crippen LogP contribution is -2.41. The van der Waals surface area contributed by atoms with Crippen LogP contribution >= 0.6 is 12.6 Å². The third-order valence-electron chi connectivity index (χ3n) is 9.23. The Morgan fingerprint density at radius 3 is 1.12 bits per heavy atom. The Balaban J connectivity index is 4.59. The van der Waals surface area contributed by atoms with E-state index in [1.54, 1.807) is 0 Å². The van der Waals surface area contributed by atoms with Crippen molar-refractivity contribution in [1.29, 1.82) is 0 Å². The molecule has 0 rings (SSSR count). The molecule has 0 amide bonds. The van der Waals surface area contributed by atoms with Crippen molar-refractivity contribution in [2.75, 3.05) is 32.0 Å². The zero-order valence-electron chi connectivity index (χ0n) is 29.1. The maximum absolute atomic E-state index is 7.03. The molecule has 0 heterocycles. The number of unbranched alkanes of at least 4 members (excludes halogenated alkanes) is 20. The highest BCUT2D eigenvalue weighted by molar-refractivity contribution is 7.80. The first kappa shape index (κ1) is 41.5. The molecular formula is C37H79NOSSi. The molecule has 0 N–H and O–H groups in total. The predicted molar refractivity (Wildman–Crippen MR) is 195 cm³/mol. The zero-order valence-corrected chi connectivity index (χ0v) is 31.0. The van der Waals surface area contributed by atoms with E-state index in [0.717, 1.165) is 18.9 Å². The van der Waals surface area contributed by atoms with Crippen LogP contribution in [0.25, 0.3) is 0 Å². The molecule has 0 aromatic rings. The normalized spacial score (nSPS) is 12.1. The minimum atomic E-state index is -1.63. The van der Waals surface area contributed by atoms with Crippen LogP contribution in [0.1, 0.15) is 188 Å². The van der Waals surface area contributed by atoms with Crippen molar-refractivity contribution in [3.63, 3.8) is 0 Å². The van der Waals surface area contributed by atoms with Crippen LogP contribution in [0, 0.1) is 0 Å². The monoisotopic (exact) mass is 614 g/mol. The van der Waals surface area contributed by atoms with Gasteiger partial charge in [-0.05, 0) is 56.2 Å². The van der Waals surface area contributed by atoms with E-state index in [0.29, 0.717) is 0 Å². The third-order valence-corrected chi connectivity index (χ3v) is 14.2. The smallest absolute Gasteiger partial charge is 0.192 e. The standard InChI is InChI=1S/C37H79NOSSi/c1-5-9-13-15-17-19-21-23-25-27-30-38(31-28-26-24-22-20-18-16-14-10-6-2)32-33-39-41(35-11-7-3,36-12-8-4)37-29-34-40/h40H,5-37H2,1-4H3. The van der Waals surface area contributed by atoms with Crippen LogP contribution in [0.2, 0.25) is 18.1 Å². The van der Waals surface area contributed by atoms with Gasteiger partial charge < -0.3 is 9.33 Å². The Kier molecular flexibility index (Phi) is 33.8. The van der Waals surface area contributed by atoms with Gasteiger partial charge in [0.1, 0.15) is 0 Å². The van der Waals surface area contributed by atoms with Crippen LogP contribution in [0.3, 0.4) is 0 Å². The fraction of sp³-hybridized carbons (Fsp3) is 1.00. The summed E-state index contributed by atoms with van der Waals surface area (Å²) in [5.74, 6) is 1.01. The van der Waals surface area contributed by atoms with E-state index in [4.69, 9.17) is 4.43 Å². The molecule has 0 saturated heterocycles. The van der Waals surface area contributed by atoms with Crippen molar-refractivity contribution >= 4 is 20.9 Å². The Morgan fingerprint density at radius 2 is 0.756 bits per heavy atom. The van der Waals surface area contributed by atoms with E-state index in [9.17, 15) is 0 Å². The first-order chi connectivity index (χ1) is 20.2. The highest BCUT2D eigenvalue weighted by Gasteiger charge is 2.33. The van der Waals surface area contributed by atoms with Gasteiger partial charge in [-0.15, -0.1) is 0 Å². The molecule has 0 fully saturated rings. The van der Waals surface area contributed by atoms with Gasteiger partial charge in [0, 0.05) is 13.2 Å². The van der Waals surface area contributed by atoms with E-state index < -0.39 is 8.32 Å². The van der Waals surface area contributed by atoms with Gasteiger partial charge in [-0.3, -0.25) is 0 Å². The molecule has 4 heteroatoms. The fourth-order valence-electron chi connectivity index (χ4n) is 6.36. The van der Waals surface area contributed by atoms with Crippen molar-refractivity contribution in [3.05, 3.63) is 0 Å². The summed E-state index contributed by atoms with van der Waals surface area (Å²) in [5, 5.41) is 0. The Hall–Kier alpha value is 0.487. The molecule has 0 aliphatic heterocycles. The Bertz CT molecular complexity index is 446. The minimum absolute atomic E-state index is 0.974. The molecule has 0 bridgehead atoms. The van der Waals surface area contributed by atoms with Crippen LogP contribution < -0.4 is 0 Å². The van der Waals surface area contributed by atoms with Gasteiger partial charge in [0.25, 0.3) is 0 Å². The lowest BCUT2D eigenvalue weighted by Gasteiger charge is -2.33. The summed E-state index contributed by atoms with van der Waals surface area (Å²) in [6.07, 6.45) is 35.1. The number of rotatable bonds is 35. The maximum atomic E-state index is 7.03. The average Bonchev–Trinajstić information content (AvgIpc) is 2.99. The third kappa shape index (κ3) is 27.8. The molecule has 0 unspecified atom stereocenters. The summed E-state index contributed by atoms with van der Waals surface area (Å²) >= 11 is 4.57. The van der Waals surface area contributed by atoms with Gasteiger partial charge in [0.15, 0.2) is 8.32 Å². The molecule has 0 atom stereocenters. The minimum Gasteiger partial charge on any atom is -0.416 e. The van der Waals surface area contributed by atoms with E-state index >= 15 is 0 Å². The summed E-state index contributed by atoms with van der Waals surface area (Å²) in [5.41, 5.74) is 0. The molecule has 0 saturated carbocycles. The molecule has 0 aromatic heterocycles. The quantitative estimate of drug-likeness (QED) is 0.0433. The largest absolute Gasteiger partial charge is 0.416 e. The summed E-state index contributed by atoms with van der Waals surface area (Å²) in [6.45, 7) is 14.0. The number of thiol groups is 1.